The van der Waals surface area contributed by atoms with Crippen molar-refractivity contribution in [2.45, 2.75) is 52.0 Å². The van der Waals surface area contributed by atoms with Crippen LogP contribution in [0.25, 0.3) is 0 Å². The summed E-state index contributed by atoms with van der Waals surface area (Å²) in [6.07, 6.45) is 7.18. The topological polar surface area (TPSA) is 50.4 Å². The quantitative estimate of drug-likeness (QED) is 0.412. The molecule has 4 heteroatoms. The second kappa shape index (κ2) is 8.74. The van der Waals surface area contributed by atoms with E-state index in [1.807, 2.05) is 11.8 Å². The summed E-state index contributed by atoms with van der Waals surface area (Å²) in [5, 5.41) is 3.15. The fourth-order valence-electron chi connectivity index (χ4n) is 1.34. The Bertz CT molecular complexity index is 197. The largest absolute Gasteiger partial charge is 0.370 e. The smallest absolute Gasteiger partial charge is 0.188 e. The summed E-state index contributed by atoms with van der Waals surface area (Å²) >= 11 is 1.92. The fourth-order valence-corrected chi connectivity index (χ4v) is 1.83. The molecule has 16 heavy (non-hydrogen) atoms. The van der Waals surface area contributed by atoms with Gasteiger partial charge in [0.1, 0.15) is 0 Å². The number of hydrogen-bond acceptors (Lipinski definition) is 2. The van der Waals surface area contributed by atoms with Gasteiger partial charge in [-0.3, -0.25) is 4.99 Å². The van der Waals surface area contributed by atoms with Crippen LogP contribution in [0.1, 0.15) is 46.5 Å². The van der Waals surface area contributed by atoms with Gasteiger partial charge in [0, 0.05) is 12.1 Å². The van der Waals surface area contributed by atoms with Crippen molar-refractivity contribution >= 4 is 17.7 Å². The minimum Gasteiger partial charge on any atom is -0.370 e. The van der Waals surface area contributed by atoms with Crippen molar-refractivity contribution in [3.8, 4) is 0 Å². The maximum Gasteiger partial charge on any atom is 0.188 e. The summed E-state index contributed by atoms with van der Waals surface area (Å²) in [6.45, 7) is 7.08. The summed E-state index contributed by atoms with van der Waals surface area (Å²) in [5.74, 6) is 1.84. The fraction of sp³-hybridized carbons (Fsp3) is 0.917. The molecule has 0 bridgehead atoms. The van der Waals surface area contributed by atoms with Crippen molar-refractivity contribution < 1.29 is 0 Å². The van der Waals surface area contributed by atoms with E-state index in [1.54, 1.807) is 0 Å². The maximum absolute atomic E-state index is 5.76. The number of nitrogens with one attached hydrogen (secondary N) is 1. The Kier molecular flexibility index (Phi) is 8.53. The van der Waals surface area contributed by atoms with Crippen LogP contribution in [0.2, 0.25) is 0 Å². The molecule has 0 heterocycles. The van der Waals surface area contributed by atoms with Gasteiger partial charge in [0.2, 0.25) is 0 Å². The number of thioether (sulfide) groups is 1. The van der Waals surface area contributed by atoms with E-state index in [2.05, 4.69) is 37.3 Å². The predicted octanol–water partition coefficient (Wildman–Crippen LogP) is 2.61. The molecule has 0 aromatic rings. The van der Waals surface area contributed by atoms with Gasteiger partial charge in [-0.15, -0.1) is 0 Å². The first-order valence-corrected chi connectivity index (χ1v) is 7.42. The van der Waals surface area contributed by atoms with E-state index in [4.69, 9.17) is 5.73 Å². The van der Waals surface area contributed by atoms with Crippen LogP contribution in [0, 0.1) is 0 Å². The highest BCUT2D eigenvalue weighted by atomic mass is 32.2. The zero-order valence-electron chi connectivity index (χ0n) is 11.2. The Labute approximate surface area is 105 Å². The second-order valence-electron chi connectivity index (χ2n) is 5.05. The second-order valence-corrected chi connectivity index (χ2v) is 6.03. The highest BCUT2D eigenvalue weighted by Crippen LogP contribution is 2.04. The Morgan fingerprint density at radius 1 is 1.19 bits per heavy atom. The zero-order valence-corrected chi connectivity index (χ0v) is 12.0. The van der Waals surface area contributed by atoms with E-state index < -0.39 is 0 Å². The van der Waals surface area contributed by atoms with Crippen LogP contribution < -0.4 is 11.1 Å². The first kappa shape index (κ1) is 15.6. The van der Waals surface area contributed by atoms with Gasteiger partial charge in [0.15, 0.2) is 5.96 Å². The highest BCUT2D eigenvalue weighted by molar-refractivity contribution is 7.98. The lowest BCUT2D eigenvalue weighted by molar-refractivity contribution is 0.508. The normalized spacial score (nSPS) is 12.9. The SMILES string of the molecule is CSCCCCCCN=C(N)NC(C)(C)C. The van der Waals surface area contributed by atoms with Gasteiger partial charge < -0.3 is 11.1 Å². The molecule has 0 aliphatic carbocycles. The Hall–Kier alpha value is -0.380. The lowest BCUT2D eigenvalue weighted by atomic mass is 10.1. The van der Waals surface area contributed by atoms with Crippen LogP contribution in [-0.2, 0) is 0 Å². The van der Waals surface area contributed by atoms with Crippen LogP contribution >= 0.6 is 11.8 Å². The number of nitrogens with zero attached hydrogens (tertiary/aromatic N) is 1. The highest BCUT2D eigenvalue weighted by Gasteiger charge is 2.09. The molecule has 0 aliphatic heterocycles. The Morgan fingerprint density at radius 2 is 1.81 bits per heavy atom. The number of aliphatic imine (C=N–C) groups is 1. The van der Waals surface area contributed by atoms with E-state index in [1.165, 1.54) is 25.0 Å². The summed E-state index contributed by atoms with van der Waals surface area (Å²) in [6, 6.07) is 0. The van der Waals surface area contributed by atoms with Gasteiger partial charge >= 0.3 is 0 Å². The molecule has 0 unspecified atom stereocenters. The van der Waals surface area contributed by atoms with Crippen LogP contribution in [0.3, 0.4) is 0 Å². The lowest BCUT2D eigenvalue weighted by Crippen LogP contribution is -2.45. The van der Waals surface area contributed by atoms with Gasteiger partial charge in [-0.2, -0.15) is 11.8 Å². The summed E-state index contributed by atoms with van der Waals surface area (Å²) in [7, 11) is 0. The van der Waals surface area contributed by atoms with Crippen LogP contribution in [0.4, 0.5) is 0 Å². The molecule has 0 aromatic carbocycles. The van der Waals surface area contributed by atoms with Crippen LogP contribution in [-0.4, -0.2) is 30.1 Å². The molecule has 0 radical (unpaired) electrons. The minimum absolute atomic E-state index is 0.00589. The third-order valence-corrected chi connectivity index (χ3v) is 2.74. The number of guanidine groups is 1. The zero-order chi connectivity index (χ0) is 12.4. The molecule has 0 fully saturated rings. The Balaban J connectivity index is 3.45. The molecule has 96 valence electrons. The molecule has 0 saturated heterocycles. The molecule has 0 saturated carbocycles. The minimum atomic E-state index is 0.00589. The summed E-state index contributed by atoms with van der Waals surface area (Å²) in [5.41, 5.74) is 5.76. The standard InChI is InChI=1S/C12H27N3S/c1-12(2,3)15-11(13)14-9-7-5-6-8-10-16-4/h5-10H2,1-4H3,(H3,13,14,15). The number of nitrogens with two attached hydrogens (primary N) is 1. The molecule has 0 spiro atoms. The van der Waals surface area contributed by atoms with Crippen molar-refractivity contribution in [1.29, 1.82) is 0 Å². The molecule has 0 atom stereocenters. The van der Waals surface area contributed by atoms with Gasteiger partial charge in [-0.05, 0) is 45.6 Å². The maximum atomic E-state index is 5.76. The summed E-state index contributed by atoms with van der Waals surface area (Å²) < 4.78 is 0. The lowest BCUT2D eigenvalue weighted by Gasteiger charge is -2.20. The third kappa shape index (κ3) is 11.7. The van der Waals surface area contributed by atoms with E-state index in [0.717, 1.165) is 13.0 Å². The third-order valence-electron chi connectivity index (χ3n) is 2.04. The number of rotatable bonds is 7. The monoisotopic (exact) mass is 245 g/mol. The van der Waals surface area contributed by atoms with E-state index in [-0.39, 0.29) is 5.54 Å². The average Bonchev–Trinajstić information content (AvgIpc) is 2.13. The van der Waals surface area contributed by atoms with Gasteiger partial charge in [-0.1, -0.05) is 12.8 Å². The van der Waals surface area contributed by atoms with Crippen LogP contribution in [0.5, 0.6) is 0 Å². The molecule has 3 nitrogen and oxygen atoms in total. The van der Waals surface area contributed by atoms with E-state index in [0.29, 0.717) is 5.96 Å². The van der Waals surface area contributed by atoms with Gasteiger partial charge in [0.25, 0.3) is 0 Å². The van der Waals surface area contributed by atoms with Crippen LogP contribution in [0.15, 0.2) is 4.99 Å². The number of hydrogen-bond donors (Lipinski definition) is 2. The average molecular weight is 245 g/mol. The molecule has 0 aliphatic rings. The first-order chi connectivity index (χ1) is 7.45. The molecule has 0 amide bonds. The molecule has 0 rings (SSSR count). The van der Waals surface area contributed by atoms with E-state index >= 15 is 0 Å². The molecular weight excluding hydrogens is 218 g/mol. The van der Waals surface area contributed by atoms with Crippen molar-refractivity contribution in [1.82, 2.24) is 5.32 Å². The molecular formula is C12H27N3S. The van der Waals surface area contributed by atoms with Gasteiger partial charge in [-0.25, -0.2) is 0 Å². The predicted molar refractivity (Wildman–Crippen MR) is 76.2 cm³/mol. The molecule has 3 N–H and O–H groups in total. The van der Waals surface area contributed by atoms with E-state index in [9.17, 15) is 0 Å². The van der Waals surface area contributed by atoms with Gasteiger partial charge in [0.05, 0.1) is 0 Å². The van der Waals surface area contributed by atoms with Crippen molar-refractivity contribution in [2.24, 2.45) is 10.7 Å². The first-order valence-electron chi connectivity index (χ1n) is 6.03. The summed E-state index contributed by atoms with van der Waals surface area (Å²) in [4.78, 5) is 4.31. The van der Waals surface area contributed by atoms with Crippen molar-refractivity contribution in [3.05, 3.63) is 0 Å². The Morgan fingerprint density at radius 3 is 2.38 bits per heavy atom. The number of unbranched alkanes of at least 4 members (excludes halogenated alkanes) is 3. The van der Waals surface area contributed by atoms with Crippen molar-refractivity contribution in [2.75, 3.05) is 18.6 Å². The van der Waals surface area contributed by atoms with Crippen molar-refractivity contribution in [3.63, 3.8) is 0 Å². The molecule has 0 aromatic heterocycles.